The van der Waals surface area contributed by atoms with Gasteiger partial charge >= 0.3 is 6.03 Å². The molecule has 0 radical (unpaired) electrons. The molecule has 3 amide bonds. The number of nitrogens with two attached hydrogens (primary N) is 1. The lowest BCUT2D eigenvalue weighted by atomic mass is 10.0. The van der Waals surface area contributed by atoms with Gasteiger partial charge in [0.05, 0.1) is 5.75 Å². The highest BCUT2D eigenvalue weighted by atomic mass is 32.2. The number of hydrogen-bond donors (Lipinski definition) is 3. The number of rotatable bonds is 8. The number of nitrogens with one attached hydrogen (secondary N) is 2. The highest BCUT2D eigenvalue weighted by Gasteiger charge is 2.14. The number of ether oxygens (including phenoxy) is 1. The number of benzene rings is 2. The topological polar surface area (TPSA) is 124 Å². The first-order valence-electron chi connectivity index (χ1n) is 9.63. The second kappa shape index (κ2) is 10.5. The zero-order valence-electron chi connectivity index (χ0n) is 17.2. The Hall–Kier alpha value is -3.53. The summed E-state index contributed by atoms with van der Waals surface area (Å²) in [5, 5.41) is 13.1. The van der Waals surface area contributed by atoms with E-state index in [0.29, 0.717) is 28.3 Å². The van der Waals surface area contributed by atoms with Crippen LogP contribution in [0.4, 0.5) is 10.5 Å². The van der Waals surface area contributed by atoms with E-state index in [1.165, 1.54) is 10.2 Å². The predicted octanol–water partition coefficient (Wildman–Crippen LogP) is 3.13. The SMILES string of the molecule is CC(C)c1ccc(OCc2nnc(SCC(=O)NC(=O)Nc3ccccc3)n2N)cc1. The van der Waals surface area contributed by atoms with E-state index >= 15 is 0 Å². The normalized spacial score (nSPS) is 10.7. The Morgan fingerprint density at radius 3 is 2.48 bits per heavy atom. The molecule has 0 saturated heterocycles. The van der Waals surface area contributed by atoms with E-state index in [9.17, 15) is 9.59 Å². The second-order valence-electron chi connectivity index (χ2n) is 6.94. The van der Waals surface area contributed by atoms with Crippen molar-refractivity contribution >= 4 is 29.4 Å². The maximum absolute atomic E-state index is 12.0. The minimum absolute atomic E-state index is 0.0466. The smallest absolute Gasteiger partial charge is 0.325 e. The molecule has 0 unspecified atom stereocenters. The number of thioether (sulfide) groups is 1. The maximum atomic E-state index is 12.0. The minimum atomic E-state index is -0.608. The first kappa shape index (κ1) is 22.2. The summed E-state index contributed by atoms with van der Waals surface area (Å²) in [5.41, 5.74) is 1.81. The summed E-state index contributed by atoms with van der Waals surface area (Å²) in [7, 11) is 0. The number of aromatic nitrogens is 3. The van der Waals surface area contributed by atoms with Crippen LogP contribution in [0.1, 0.15) is 31.2 Å². The van der Waals surface area contributed by atoms with Gasteiger partial charge < -0.3 is 15.9 Å². The monoisotopic (exact) mass is 440 g/mol. The average molecular weight is 441 g/mol. The lowest BCUT2D eigenvalue weighted by molar-refractivity contribution is -0.117. The number of para-hydroxylation sites is 1. The molecule has 10 heteroatoms. The van der Waals surface area contributed by atoms with Crippen molar-refractivity contribution < 1.29 is 14.3 Å². The lowest BCUT2D eigenvalue weighted by Gasteiger charge is -2.09. The van der Waals surface area contributed by atoms with Crippen LogP contribution >= 0.6 is 11.8 Å². The molecule has 0 saturated carbocycles. The van der Waals surface area contributed by atoms with Crippen LogP contribution in [0.2, 0.25) is 0 Å². The van der Waals surface area contributed by atoms with Gasteiger partial charge in [0.1, 0.15) is 12.4 Å². The molecule has 0 aliphatic heterocycles. The van der Waals surface area contributed by atoms with Crippen molar-refractivity contribution in [3.63, 3.8) is 0 Å². The number of urea groups is 1. The molecule has 3 aromatic rings. The van der Waals surface area contributed by atoms with Gasteiger partial charge in [0, 0.05) is 5.69 Å². The highest BCUT2D eigenvalue weighted by molar-refractivity contribution is 7.99. The molecular formula is C21H24N6O3S. The average Bonchev–Trinajstić information content (AvgIpc) is 3.11. The van der Waals surface area contributed by atoms with Crippen LogP contribution in [0.5, 0.6) is 5.75 Å². The van der Waals surface area contributed by atoms with E-state index in [0.717, 1.165) is 11.8 Å². The van der Waals surface area contributed by atoms with E-state index in [1.54, 1.807) is 24.3 Å². The third-order valence-electron chi connectivity index (χ3n) is 4.27. The fraction of sp³-hybridized carbons (Fsp3) is 0.238. The molecular weight excluding hydrogens is 416 g/mol. The van der Waals surface area contributed by atoms with Gasteiger partial charge in [0.2, 0.25) is 11.1 Å². The maximum Gasteiger partial charge on any atom is 0.325 e. The van der Waals surface area contributed by atoms with Crippen molar-refractivity contribution in [1.29, 1.82) is 0 Å². The number of anilines is 1. The number of nitrogen functional groups attached to an aromatic ring is 1. The van der Waals surface area contributed by atoms with Gasteiger partial charge in [-0.1, -0.05) is 55.9 Å². The largest absolute Gasteiger partial charge is 0.486 e. The standard InChI is InChI=1S/C21H24N6O3S/c1-14(2)15-8-10-17(11-9-15)30-12-18-25-26-21(27(18)22)31-13-19(28)24-20(29)23-16-6-4-3-5-7-16/h3-11,14H,12-13,22H2,1-2H3,(H2,23,24,28,29). The van der Waals surface area contributed by atoms with Crippen molar-refractivity contribution in [2.24, 2.45) is 0 Å². The summed E-state index contributed by atoms with van der Waals surface area (Å²) in [4.78, 5) is 23.9. The van der Waals surface area contributed by atoms with E-state index in [-0.39, 0.29) is 12.4 Å². The van der Waals surface area contributed by atoms with E-state index in [2.05, 4.69) is 34.7 Å². The predicted molar refractivity (Wildman–Crippen MR) is 119 cm³/mol. The molecule has 0 bridgehead atoms. The minimum Gasteiger partial charge on any atom is -0.486 e. The van der Waals surface area contributed by atoms with Crippen LogP contribution < -0.4 is 21.2 Å². The summed E-state index contributed by atoms with van der Waals surface area (Å²) in [6, 6.07) is 16.0. The number of hydrogen-bond acceptors (Lipinski definition) is 7. The van der Waals surface area contributed by atoms with Gasteiger partial charge in [-0.05, 0) is 35.7 Å². The molecule has 0 aliphatic rings. The van der Waals surface area contributed by atoms with Crippen LogP contribution in [-0.2, 0) is 11.4 Å². The van der Waals surface area contributed by atoms with E-state index in [1.807, 2.05) is 30.3 Å². The number of imide groups is 1. The Bertz CT molecular complexity index is 1020. The summed E-state index contributed by atoms with van der Waals surface area (Å²) < 4.78 is 6.98. The number of nitrogens with zero attached hydrogens (tertiary/aromatic N) is 3. The molecule has 162 valence electrons. The summed E-state index contributed by atoms with van der Waals surface area (Å²) in [6.07, 6.45) is 0. The number of carbonyl (C=O) groups is 2. The molecule has 1 aromatic heterocycles. The molecule has 31 heavy (non-hydrogen) atoms. The van der Waals surface area contributed by atoms with Gasteiger partial charge in [-0.25, -0.2) is 9.47 Å². The Morgan fingerprint density at radius 1 is 1.10 bits per heavy atom. The van der Waals surface area contributed by atoms with Crippen molar-refractivity contribution in [3.8, 4) is 5.75 Å². The zero-order valence-corrected chi connectivity index (χ0v) is 18.1. The summed E-state index contributed by atoms with van der Waals surface area (Å²) >= 11 is 1.07. The van der Waals surface area contributed by atoms with E-state index < -0.39 is 11.9 Å². The molecule has 3 rings (SSSR count). The van der Waals surface area contributed by atoms with Crippen LogP contribution in [0.3, 0.4) is 0 Å². The fourth-order valence-electron chi connectivity index (χ4n) is 2.58. The van der Waals surface area contributed by atoms with Gasteiger partial charge in [-0.2, -0.15) is 0 Å². The molecule has 1 heterocycles. The van der Waals surface area contributed by atoms with Gasteiger partial charge in [0.15, 0.2) is 5.82 Å². The van der Waals surface area contributed by atoms with E-state index in [4.69, 9.17) is 10.6 Å². The highest BCUT2D eigenvalue weighted by Crippen LogP contribution is 2.20. The summed E-state index contributed by atoms with van der Waals surface area (Å²) in [5.74, 6) is 7.03. The van der Waals surface area contributed by atoms with Crippen molar-refractivity contribution in [3.05, 3.63) is 66.0 Å². The first-order chi connectivity index (χ1) is 14.9. The molecule has 0 atom stereocenters. The van der Waals surface area contributed by atoms with Crippen molar-refractivity contribution in [2.75, 3.05) is 16.9 Å². The second-order valence-corrected chi connectivity index (χ2v) is 7.88. The van der Waals surface area contributed by atoms with Crippen LogP contribution in [-0.4, -0.2) is 32.6 Å². The molecule has 0 aliphatic carbocycles. The third-order valence-corrected chi connectivity index (χ3v) is 5.21. The fourth-order valence-corrected chi connectivity index (χ4v) is 3.25. The van der Waals surface area contributed by atoms with Gasteiger partial charge in [0.25, 0.3) is 0 Å². The van der Waals surface area contributed by atoms with Crippen LogP contribution in [0.25, 0.3) is 0 Å². The van der Waals surface area contributed by atoms with Crippen molar-refractivity contribution in [2.45, 2.75) is 31.5 Å². The first-order valence-corrected chi connectivity index (χ1v) is 10.6. The van der Waals surface area contributed by atoms with Crippen LogP contribution in [0, 0.1) is 0 Å². The molecule has 2 aromatic carbocycles. The summed E-state index contributed by atoms with van der Waals surface area (Å²) in [6.45, 7) is 4.39. The lowest BCUT2D eigenvalue weighted by Crippen LogP contribution is -2.35. The molecule has 4 N–H and O–H groups in total. The molecule has 9 nitrogen and oxygen atoms in total. The molecule has 0 spiro atoms. The zero-order chi connectivity index (χ0) is 22.2. The van der Waals surface area contributed by atoms with Gasteiger partial charge in [-0.3, -0.25) is 10.1 Å². The van der Waals surface area contributed by atoms with Crippen LogP contribution in [0.15, 0.2) is 59.8 Å². The van der Waals surface area contributed by atoms with Gasteiger partial charge in [-0.15, -0.1) is 10.2 Å². The quantitative estimate of drug-likeness (QED) is 0.363. The Labute approximate surface area is 184 Å². The Balaban J connectivity index is 1.46. The van der Waals surface area contributed by atoms with Crippen molar-refractivity contribution in [1.82, 2.24) is 20.2 Å². The number of amides is 3. The third kappa shape index (κ3) is 6.48. The Kier molecular flexibility index (Phi) is 7.50. The Morgan fingerprint density at radius 2 is 1.81 bits per heavy atom. The number of carbonyl (C=O) groups excluding carboxylic acids is 2. The molecule has 0 fully saturated rings.